The maximum absolute atomic E-state index is 12.2. The molecule has 20 heavy (non-hydrogen) atoms. The Labute approximate surface area is 117 Å². The predicted octanol–water partition coefficient (Wildman–Crippen LogP) is 0.713. The predicted molar refractivity (Wildman–Crippen MR) is 73.3 cm³/mol. The van der Waals surface area contributed by atoms with Gasteiger partial charge in [0.15, 0.2) is 5.82 Å². The number of rotatable bonds is 5. The highest BCUT2D eigenvalue weighted by molar-refractivity contribution is 5.79. The maximum Gasteiger partial charge on any atom is 0.225 e. The minimum atomic E-state index is -0.355. The van der Waals surface area contributed by atoms with Gasteiger partial charge in [0.25, 0.3) is 0 Å². The summed E-state index contributed by atoms with van der Waals surface area (Å²) in [4.78, 5) is 12.2. The molecule has 0 aliphatic carbocycles. The number of H-pyrrole nitrogens is 1. The summed E-state index contributed by atoms with van der Waals surface area (Å²) in [5, 5.41) is 16.3. The first-order valence-electron chi connectivity index (χ1n) is 6.44. The molecule has 0 bridgehead atoms. The summed E-state index contributed by atoms with van der Waals surface area (Å²) in [7, 11) is 0. The van der Waals surface area contributed by atoms with E-state index in [2.05, 4.69) is 25.9 Å². The lowest BCUT2D eigenvalue weighted by molar-refractivity contribution is -0.125. The molecule has 2 aromatic rings. The molecule has 7 nitrogen and oxygen atoms in total. The van der Waals surface area contributed by atoms with E-state index >= 15 is 0 Å². The lowest BCUT2D eigenvalue weighted by Gasteiger charge is -2.21. The Hall–Kier alpha value is -2.28. The van der Waals surface area contributed by atoms with Gasteiger partial charge in [0.05, 0.1) is 12.0 Å². The molecule has 0 saturated heterocycles. The summed E-state index contributed by atoms with van der Waals surface area (Å²) in [6, 6.07) is 8.89. The van der Waals surface area contributed by atoms with Crippen molar-refractivity contribution < 1.29 is 4.79 Å². The second-order valence-electron chi connectivity index (χ2n) is 4.73. The van der Waals surface area contributed by atoms with Crippen molar-refractivity contribution in [3.8, 4) is 0 Å². The first-order valence-corrected chi connectivity index (χ1v) is 6.44. The molecule has 0 saturated carbocycles. The molecule has 0 aliphatic heterocycles. The third kappa shape index (κ3) is 3.18. The van der Waals surface area contributed by atoms with Gasteiger partial charge in [-0.15, -0.1) is 10.2 Å². The molecule has 4 N–H and O–H groups in total. The lowest BCUT2D eigenvalue weighted by atomic mass is 9.94. The fourth-order valence-electron chi connectivity index (χ4n) is 1.89. The van der Waals surface area contributed by atoms with Gasteiger partial charge in [0, 0.05) is 6.04 Å². The number of tetrazole rings is 1. The van der Waals surface area contributed by atoms with Crippen LogP contribution in [0.4, 0.5) is 0 Å². The van der Waals surface area contributed by atoms with Gasteiger partial charge in [-0.2, -0.15) is 5.21 Å². The fraction of sp³-hybridized carbons (Fsp3) is 0.385. The fourth-order valence-corrected chi connectivity index (χ4v) is 1.89. The highest BCUT2D eigenvalue weighted by atomic mass is 16.2. The van der Waals surface area contributed by atoms with Gasteiger partial charge in [-0.25, -0.2) is 0 Å². The van der Waals surface area contributed by atoms with Crippen molar-refractivity contribution in [1.82, 2.24) is 25.9 Å². The van der Waals surface area contributed by atoms with Gasteiger partial charge in [-0.1, -0.05) is 42.5 Å². The van der Waals surface area contributed by atoms with Crippen molar-refractivity contribution in [3.05, 3.63) is 41.7 Å². The number of amides is 1. The molecule has 1 aromatic carbocycles. The van der Waals surface area contributed by atoms with Gasteiger partial charge >= 0.3 is 0 Å². The molecule has 0 radical (unpaired) electrons. The summed E-state index contributed by atoms with van der Waals surface area (Å²) in [6.45, 7) is 3.60. The standard InChI is InChI=1S/C13H18N6O/c1-8(11(14)10-6-4-3-5-7-10)13(20)15-9(2)12-16-18-19-17-12/h3-9,11H,14H2,1-2H3,(H,15,20)(H,16,17,18,19). The van der Waals surface area contributed by atoms with Crippen LogP contribution in [0.5, 0.6) is 0 Å². The highest BCUT2D eigenvalue weighted by Crippen LogP contribution is 2.20. The Kier molecular flexibility index (Phi) is 4.41. The van der Waals surface area contributed by atoms with Crippen LogP contribution in [0.3, 0.4) is 0 Å². The molecule has 3 unspecified atom stereocenters. The average Bonchev–Trinajstić information content (AvgIpc) is 3.01. The number of carbonyl (C=O) groups excluding carboxylic acids is 1. The quantitative estimate of drug-likeness (QED) is 0.744. The van der Waals surface area contributed by atoms with Crippen LogP contribution < -0.4 is 11.1 Å². The minimum absolute atomic E-state index is 0.140. The van der Waals surface area contributed by atoms with Crippen molar-refractivity contribution in [2.45, 2.75) is 25.9 Å². The monoisotopic (exact) mass is 274 g/mol. The second-order valence-corrected chi connectivity index (χ2v) is 4.73. The van der Waals surface area contributed by atoms with Crippen LogP contribution in [0, 0.1) is 5.92 Å². The largest absolute Gasteiger partial charge is 0.346 e. The van der Waals surface area contributed by atoms with E-state index in [4.69, 9.17) is 5.73 Å². The van der Waals surface area contributed by atoms with Crippen LogP contribution in [-0.2, 0) is 4.79 Å². The van der Waals surface area contributed by atoms with Crippen molar-refractivity contribution in [2.75, 3.05) is 0 Å². The minimum Gasteiger partial charge on any atom is -0.346 e. The Morgan fingerprint density at radius 1 is 1.30 bits per heavy atom. The van der Waals surface area contributed by atoms with E-state index in [1.54, 1.807) is 13.8 Å². The van der Waals surface area contributed by atoms with E-state index in [1.165, 1.54) is 0 Å². The third-order valence-electron chi connectivity index (χ3n) is 3.24. The molecule has 2 rings (SSSR count). The number of benzene rings is 1. The van der Waals surface area contributed by atoms with Gasteiger partial charge in [-0.3, -0.25) is 4.79 Å². The van der Waals surface area contributed by atoms with Crippen molar-refractivity contribution in [1.29, 1.82) is 0 Å². The van der Waals surface area contributed by atoms with E-state index < -0.39 is 0 Å². The Morgan fingerprint density at radius 3 is 2.60 bits per heavy atom. The SMILES string of the molecule is CC(NC(=O)C(C)C(N)c1ccccc1)c1nn[nH]n1. The molecule has 1 amide bonds. The average molecular weight is 274 g/mol. The number of aromatic amines is 1. The first kappa shape index (κ1) is 14.1. The molecule has 1 aromatic heterocycles. The van der Waals surface area contributed by atoms with E-state index in [1.807, 2.05) is 30.3 Å². The Morgan fingerprint density at radius 2 is 2.00 bits per heavy atom. The lowest BCUT2D eigenvalue weighted by Crippen LogP contribution is -2.37. The zero-order chi connectivity index (χ0) is 14.5. The summed E-state index contributed by atoms with van der Waals surface area (Å²) in [5.41, 5.74) is 7.06. The molecule has 7 heteroatoms. The van der Waals surface area contributed by atoms with Crippen LogP contribution in [-0.4, -0.2) is 26.5 Å². The molecule has 3 atom stereocenters. The van der Waals surface area contributed by atoms with E-state index in [0.29, 0.717) is 5.82 Å². The molecule has 0 spiro atoms. The summed E-state index contributed by atoms with van der Waals surface area (Å²) in [5.74, 6) is -0.0516. The Balaban J connectivity index is 1.98. The van der Waals surface area contributed by atoms with Gasteiger partial charge in [0.1, 0.15) is 0 Å². The zero-order valence-electron chi connectivity index (χ0n) is 11.4. The van der Waals surface area contributed by atoms with Crippen LogP contribution >= 0.6 is 0 Å². The van der Waals surface area contributed by atoms with Crippen LogP contribution in [0.15, 0.2) is 30.3 Å². The number of hydrogen-bond acceptors (Lipinski definition) is 5. The molecule has 1 heterocycles. The van der Waals surface area contributed by atoms with Crippen LogP contribution in [0.25, 0.3) is 0 Å². The van der Waals surface area contributed by atoms with Crippen LogP contribution in [0.2, 0.25) is 0 Å². The van der Waals surface area contributed by atoms with Crippen molar-refractivity contribution in [2.24, 2.45) is 11.7 Å². The number of carbonyl (C=O) groups is 1. The second kappa shape index (κ2) is 6.25. The number of nitrogens with two attached hydrogens (primary N) is 1. The molecular formula is C13H18N6O. The van der Waals surface area contributed by atoms with E-state index in [9.17, 15) is 4.79 Å². The van der Waals surface area contributed by atoms with Crippen molar-refractivity contribution >= 4 is 5.91 Å². The maximum atomic E-state index is 12.2. The van der Waals surface area contributed by atoms with E-state index in [0.717, 1.165) is 5.56 Å². The van der Waals surface area contributed by atoms with Gasteiger partial charge in [-0.05, 0) is 12.5 Å². The number of aromatic nitrogens is 4. The van der Waals surface area contributed by atoms with Crippen LogP contribution in [0.1, 0.15) is 37.3 Å². The van der Waals surface area contributed by atoms with E-state index in [-0.39, 0.29) is 23.9 Å². The summed E-state index contributed by atoms with van der Waals surface area (Å²) in [6.07, 6.45) is 0. The first-order chi connectivity index (χ1) is 9.59. The third-order valence-corrected chi connectivity index (χ3v) is 3.24. The summed E-state index contributed by atoms with van der Waals surface area (Å²) < 4.78 is 0. The smallest absolute Gasteiger partial charge is 0.225 e. The molecule has 106 valence electrons. The van der Waals surface area contributed by atoms with Crippen molar-refractivity contribution in [3.63, 3.8) is 0 Å². The molecular weight excluding hydrogens is 256 g/mol. The Bertz CT molecular complexity index is 541. The number of nitrogens with one attached hydrogen (secondary N) is 2. The highest BCUT2D eigenvalue weighted by Gasteiger charge is 2.24. The van der Waals surface area contributed by atoms with Gasteiger partial charge in [0.2, 0.25) is 5.91 Å². The number of nitrogens with zero attached hydrogens (tertiary/aromatic N) is 3. The summed E-state index contributed by atoms with van der Waals surface area (Å²) >= 11 is 0. The number of hydrogen-bond donors (Lipinski definition) is 3. The molecule has 0 fully saturated rings. The molecule has 0 aliphatic rings. The topological polar surface area (TPSA) is 110 Å². The normalized spacial score (nSPS) is 15.3. The zero-order valence-corrected chi connectivity index (χ0v) is 11.4. The van der Waals surface area contributed by atoms with Gasteiger partial charge < -0.3 is 11.1 Å².